The van der Waals surface area contributed by atoms with Crippen molar-refractivity contribution in [3.63, 3.8) is 0 Å². The van der Waals surface area contributed by atoms with Gasteiger partial charge in [0.25, 0.3) is 0 Å². The van der Waals surface area contributed by atoms with Crippen molar-refractivity contribution < 1.29 is 13.5 Å². The zero-order chi connectivity index (χ0) is 18.8. The topological polar surface area (TPSA) is 103 Å². The summed E-state index contributed by atoms with van der Waals surface area (Å²) in [5.74, 6) is 1.61. The number of aliphatic hydroxyl groups is 1. The normalized spacial score (nSPS) is 14.8. The molecule has 0 saturated carbocycles. The van der Waals surface area contributed by atoms with Gasteiger partial charge in [-0.1, -0.05) is 13.8 Å². The van der Waals surface area contributed by atoms with Gasteiger partial charge in [0.15, 0.2) is 5.96 Å². The molecular formula is C16H36N4O3S. The van der Waals surface area contributed by atoms with Crippen LogP contribution in [0.4, 0.5) is 0 Å². The number of sulfonamides is 1. The Labute approximate surface area is 147 Å². The Morgan fingerprint density at radius 2 is 1.88 bits per heavy atom. The van der Waals surface area contributed by atoms with Gasteiger partial charge in [-0.15, -0.1) is 0 Å². The Kier molecular flexibility index (Phi) is 10.5. The molecule has 0 aromatic carbocycles. The van der Waals surface area contributed by atoms with E-state index in [9.17, 15) is 13.5 Å². The van der Waals surface area contributed by atoms with Crippen molar-refractivity contribution in [3.8, 4) is 0 Å². The summed E-state index contributed by atoms with van der Waals surface area (Å²) >= 11 is 0. The molecule has 1 atom stereocenters. The highest BCUT2D eigenvalue weighted by Crippen LogP contribution is 2.14. The van der Waals surface area contributed by atoms with E-state index in [1.54, 1.807) is 13.8 Å². The molecule has 0 aliphatic heterocycles. The van der Waals surface area contributed by atoms with Crippen LogP contribution in [-0.2, 0) is 10.0 Å². The summed E-state index contributed by atoms with van der Waals surface area (Å²) in [6, 6.07) is 0. The first-order valence-corrected chi connectivity index (χ1v) is 10.5. The molecule has 0 aliphatic rings. The Bertz CT molecular complexity index is 476. The lowest BCUT2D eigenvalue weighted by atomic mass is 9.94. The Morgan fingerprint density at radius 3 is 2.33 bits per heavy atom. The van der Waals surface area contributed by atoms with Gasteiger partial charge in [-0.3, -0.25) is 4.99 Å². The van der Waals surface area contributed by atoms with Crippen LogP contribution in [0.1, 0.15) is 47.5 Å². The molecule has 0 aromatic rings. The molecule has 0 fully saturated rings. The minimum Gasteiger partial charge on any atom is -0.396 e. The molecule has 0 saturated heterocycles. The van der Waals surface area contributed by atoms with Gasteiger partial charge in [0, 0.05) is 25.2 Å². The van der Waals surface area contributed by atoms with E-state index >= 15 is 0 Å². The van der Waals surface area contributed by atoms with Crippen LogP contribution in [0, 0.1) is 11.8 Å². The molecule has 7 nitrogen and oxygen atoms in total. The van der Waals surface area contributed by atoms with E-state index in [4.69, 9.17) is 0 Å². The number of aliphatic hydroxyl groups excluding tert-OH is 1. The third-order valence-electron chi connectivity index (χ3n) is 3.34. The van der Waals surface area contributed by atoms with Crippen LogP contribution in [-0.4, -0.2) is 57.5 Å². The maximum atomic E-state index is 11.4. The van der Waals surface area contributed by atoms with Crippen LogP contribution in [0.2, 0.25) is 0 Å². The molecule has 0 radical (unpaired) electrons. The number of nitrogens with zero attached hydrogens (tertiary/aromatic N) is 1. The van der Waals surface area contributed by atoms with Crippen LogP contribution in [0.5, 0.6) is 0 Å². The van der Waals surface area contributed by atoms with Gasteiger partial charge < -0.3 is 15.7 Å². The lowest BCUT2D eigenvalue weighted by Gasteiger charge is -2.24. The van der Waals surface area contributed by atoms with Crippen molar-refractivity contribution >= 4 is 16.0 Å². The molecule has 0 bridgehead atoms. The number of nitrogens with one attached hydrogen (secondary N) is 3. The fourth-order valence-corrected chi connectivity index (χ4v) is 3.61. The van der Waals surface area contributed by atoms with Crippen molar-refractivity contribution in [2.45, 2.75) is 53.0 Å². The van der Waals surface area contributed by atoms with Gasteiger partial charge >= 0.3 is 0 Å². The summed E-state index contributed by atoms with van der Waals surface area (Å²) < 4.78 is 25.4. The van der Waals surface area contributed by atoms with Gasteiger partial charge in [-0.2, -0.15) is 0 Å². The second-order valence-corrected chi connectivity index (χ2v) is 9.09. The zero-order valence-electron chi connectivity index (χ0n) is 16.0. The van der Waals surface area contributed by atoms with Crippen LogP contribution < -0.4 is 15.4 Å². The summed E-state index contributed by atoms with van der Waals surface area (Å²) in [6.07, 6.45) is 2.94. The minimum atomic E-state index is -3.28. The van der Waals surface area contributed by atoms with Crippen molar-refractivity contribution in [2.75, 3.05) is 32.5 Å². The molecule has 144 valence electrons. The van der Waals surface area contributed by atoms with Crippen molar-refractivity contribution in [2.24, 2.45) is 16.8 Å². The van der Waals surface area contributed by atoms with Crippen molar-refractivity contribution in [1.82, 2.24) is 15.4 Å². The van der Waals surface area contributed by atoms with Crippen LogP contribution in [0.25, 0.3) is 0 Å². The van der Waals surface area contributed by atoms with Gasteiger partial charge in [-0.05, 0) is 45.4 Å². The first-order chi connectivity index (χ1) is 11.0. The fourth-order valence-electron chi connectivity index (χ4n) is 2.55. The lowest BCUT2D eigenvalue weighted by Crippen LogP contribution is -2.47. The number of rotatable bonds is 11. The van der Waals surface area contributed by atoms with Crippen LogP contribution in [0.15, 0.2) is 4.99 Å². The molecule has 1 unspecified atom stereocenters. The molecule has 0 spiro atoms. The zero-order valence-corrected chi connectivity index (χ0v) is 16.8. The third kappa shape index (κ3) is 12.5. The number of aliphatic imine (C=N–C) groups is 1. The predicted molar refractivity (Wildman–Crippen MR) is 101 cm³/mol. The van der Waals surface area contributed by atoms with Gasteiger partial charge in [0.05, 0.1) is 12.8 Å². The Balaban J connectivity index is 4.76. The SMILES string of the molecule is CCNC(=NCC(C)(C)NS(C)(=O)=O)NCC(CCO)CC(C)C. The number of hydrogen-bond acceptors (Lipinski definition) is 4. The van der Waals surface area contributed by atoms with Gasteiger partial charge in [0.2, 0.25) is 10.0 Å². The Morgan fingerprint density at radius 1 is 1.25 bits per heavy atom. The second-order valence-electron chi connectivity index (χ2n) is 7.34. The molecule has 0 amide bonds. The van der Waals surface area contributed by atoms with Crippen molar-refractivity contribution in [3.05, 3.63) is 0 Å². The standard InChI is InChI=1S/C16H36N4O3S/c1-7-17-15(18-11-14(8-9-21)10-13(2)3)19-12-16(4,5)20-24(6,22)23/h13-14,20-21H,7-12H2,1-6H3,(H2,17,18,19). The quantitative estimate of drug-likeness (QED) is 0.322. The average Bonchev–Trinajstić information content (AvgIpc) is 2.38. The van der Waals surface area contributed by atoms with Gasteiger partial charge in [0.1, 0.15) is 0 Å². The molecule has 0 heterocycles. The summed E-state index contributed by atoms with van der Waals surface area (Å²) in [6.45, 7) is 11.9. The molecule has 0 rings (SSSR count). The summed E-state index contributed by atoms with van der Waals surface area (Å²) in [5.41, 5.74) is -0.654. The highest BCUT2D eigenvalue weighted by Gasteiger charge is 2.22. The van der Waals surface area contributed by atoms with E-state index in [-0.39, 0.29) is 6.61 Å². The Hall–Kier alpha value is -0.860. The van der Waals surface area contributed by atoms with Crippen LogP contribution in [0.3, 0.4) is 0 Å². The van der Waals surface area contributed by atoms with Gasteiger partial charge in [-0.25, -0.2) is 13.1 Å². The van der Waals surface area contributed by atoms with E-state index < -0.39 is 15.6 Å². The first kappa shape index (κ1) is 23.1. The van der Waals surface area contributed by atoms with E-state index in [2.05, 4.69) is 34.2 Å². The smallest absolute Gasteiger partial charge is 0.209 e. The van der Waals surface area contributed by atoms with E-state index in [0.29, 0.717) is 24.3 Å². The first-order valence-electron chi connectivity index (χ1n) is 8.61. The second kappa shape index (κ2) is 10.9. The molecule has 8 heteroatoms. The van der Waals surface area contributed by atoms with Crippen molar-refractivity contribution in [1.29, 1.82) is 0 Å². The molecule has 0 aromatic heterocycles. The lowest BCUT2D eigenvalue weighted by molar-refractivity contribution is 0.243. The van der Waals surface area contributed by atoms with Crippen LogP contribution >= 0.6 is 0 Å². The monoisotopic (exact) mass is 364 g/mol. The highest BCUT2D eigenvalue weighted by atomic mass is 32.2. The maximum absolute atomic E-state index is 11.4. The fraction of sp³-hybridized carbons (Fsp3) is 0.938. The molecule has 4 N–H and O–H groups in total. The summed E-state index contributed by atoms with van der Waals surface area (Å²) in [5, 5.41) is 15.7. The maximum Gasteiger partial charge on any atom is 0.209 e. The van der Waals surface area contributed by atoms with E-state index in [1.165, 1.54) is 0 Å². The molecule has 24 heavy (non-hydrogen) atoms. The molecular weight excluding hydrogens is 328 g/mol. The highest BCUT2D eigenvalue weighted by molar-refractivity contribution is 7.88. The summed E-state index contributed by atoms with van der Waals surface area (Å²) in [4.78, 5) is 4.49. The number of hydrogen-bond donors (Lipinski definition) is 4. The summed E-state index contributed by atoms with van der Waals surface area (Å²) in [7, 11) is -3.28. The minimum absolute atomic E-state index is 0.179. The van der Waals surface area contributed by atoms with E-state index in [1.807, 2.05) is 6.92 Å². The largest absolute Gasteiger partial charge is 0.396 e. The average molecular weight is 365 g/mol. The third-order valence-corrected chi connectivity index (χ3v) is 4.26. The molecule has 0 aliphatic carbocycles. The van der Waals surface area contributed by atoms with E-state index in [0.717, 1.165) is 32.2 Å². The number of guanidine groups is 1. The predicted octanol–water partition coefficient (Wildman–Crippen LogP) is 0.914.